The van der Waals surface area contributed by atoms with Gasteiger partial charge in [0, 0.05) is 5.69 Å². The first kappa shape index (κ1) is 17.7. The molecule has 3 aromatic rings. The van der Waals surface area contributed by atoms with E-state index in [0.717, 1.165) is 22.7 Å². The summed E-state index contributed by atoms with van der Waals surface area (Å²) in [7, 11) is -3.67. The molecule has 0 radical (unpaired) electrons. The van der Waals surface area contributed by atoms with Gasteiger partial charge < -0.3 is 5.32 Å². The number of aryl methyl sites for hydroxylation is 2. The SMILES string of the molecule is Cc1ccc(Nc2ccc(NS(=O)(=O)c3ccc(Cl)s3)nc2)cc1C. The van der Waals surface area contributed by atoms with E-state index in [-0.39, 0.29) is 10.0 Å². The van der Waals surface area contributed by atoms with Crippen LogP contribution < -0.4 is 10.0 Å². The summed E-state index contributed by atoms with van der Waals surface area (Å²) in [4.78, 5) is 4.15. The van der Waals surface area contributed by atoms with Gasteiger partial charge >= 0.3 is 0 Å². The molecule has 0 aliphatic heterocycles. The Morgan fingerprint density at radius 1 is 1.00 bits per heavy atom. The highest BCUT2D eigenvalue weighted by Gasteiger charge is 2.17. The van der Waals surface area contributed by atoms with Crippen LogP contribution in [0.4, 0.5) is 17.2 Å². The summed E-state index contributed by atoms with van der Waals surface area (Å²) in [6.07, 6.45) is 1.58. The van der Waals surface area contributed by atoms with Crippen molar-refractivity contribution < 1.29 is 8.42 Å². The molecule has 25 heavy (non-hydrogen) atoms. The number of benzene rings is 1. The van der Waals surface area contributed by atoms with Crippen LogP contribution in [0.3, 0.4) is 0 Å². The zero-order valence-electron chi connectivity index (χ0n) is 13.6. The highest BCUT2D eigenvalue weighted by Crippen LogP contribution is 2.27. The number of nitrogens with zero attached hydrogens (tertiary/aromatic N) is 1. The minimum atomic E-state index is -3.67. The van der Waals surface area contributed by atoms with Gasteiger partial charge in [-0.3, -0.25) is 4.72 Å². The maximum atomic E-state index is 12.2. The lowest BCUT2D eigenvalue weighted by Crippen LogP contribution is -2.12. The Hall–Kier alpha value is -2.09. The molecule has 0 saturated carbocycles. The first-order chi connectivity index (χ1) is 11.8. The zero-order valence-corrected chi connectivity index (χ0v) is 16.0. The van der Waals surface area contributed by atoms with Crippen molar-refractivity contribution in [3.05, 3.63) is 64.1 Å². The normalized spacial score (nSPS) is 11.3. The number of nitrogens with one attached hydrogen (secondary N) is 2. The standard InChI is InChI=1S/C17H16ClN3O2S2/c1-11-3-4-13(9-12(11)2)20-14-5-7-16(19-10-14)21-25(22,23)17-8-6-15(18)24-17/h3-10,20H,1-2H3,(H,19,21). The predicted octanol–water partition coefficient (Wildman–Crippen LogP) is 4.96. The molecule has 5 nitrogen and oxygen atoms in total. The fourth-order valence-electron chi connectivity index (χ4n) is 2.14. The monoisotopic (exact) mass is 393 g/mol. The van der Waals surface area contributed by atoms with E-state index in [9.17, 15) is 8.42 Å². The second-order valence-corrected chi connectivity index (χ2v) is 9.14. The van der Waals surface area contributed by atoms with Gasteiger partial charge in [0.1, 0.15) is 10.0 Å². The second-order valence-electron chi connectivity index (χ2n) is 5.52. The Morgan fingerprint density at radius 3 is 2.36 bits per heavy atom. The molecule has 0 saturated heterocycles. The lowest BCUT2D eigenvalue weighted by Gasteiger charge is -2.10. The van der Waals surface area contributed by atoms with Gasteiger partial charge in [-0.25, -0.2) is 13.4 Å². The maximum absolute atomic E-state index is 12.2. The number of rotatable bonds is 5. The number of halogens is 1. The number of sulfonamides is 1. The van der Waals surface area contributed by atoms with Crippen molar-refractivity contribution in [2.75, 3.05) is 10.0 Å². The third kappa shape index (κ3) is 4.31. The van der Waals surface area contributed by atoms with E-state index in [1.54, 1.807) is 24.4 Å². The molecule has 2 heterocycles. The highest BCUT2D eigenvalue weighted by molar-refractivity contribution is 7.94. The topological polar surface area (TPSA) is 71.1 Å². The van der Waals surface area contributed by atoms with Gasteiger partial charge in [-0.05, 0) is 61.4 Å². The molecule has 0 atom stereocenters. The summed E-state index contributed by atoms with van der Waals surface area (Å²) >= 11 is 6.79. The zero-order chi connectivity index (χ0) is 18.0. The van der Waals surface area contributed by atoms with E-state index in [2.05, 4.69) is 21.9 Å². The van der Waals surface area contributed by atoms with Crippen molar-refractivity contribution >= 4 is 50.2 Å². The molecule has 2 N–H and O–H groups in total. The van der Waals surface area contributed by atoms with Crippen molar-refractivity contribution in [2.24, 2.45) is 0 Å². The number of aromatic nitrogens is 1. The van der Waals surface area contributed by atoms with Crippen LogP contribution in [0.15, 0.2) is 52.9 Å². The number of hydrogen-bond donors (Lipinski definition) is 2. The molecular weight excluding hydrogens is 378 g/mol. The first-order valence-electron chi connectivity index (χ1n) is 7.42. The number of thiophene rings is 1. The minimum Gasteiger partial charge on any atom is -0.354 e. The fourth-order valence-corrected chi connectivity index (χ4v) is 4.64. The van der Waals surface area contributed by atoms with Crippen LogP contribution in [0.1, 0.15) is 11.1 Å². The Bertz CT molecular complexity index is 999. The van der Waals surface area contributed by atoms with Gasteiger partial charge in [0.2, 0.25) is 0 Å². The second kappa shape index (κ2) is 7.03. The van der Waals surface area contributed by atoms with Gasteiger partial charge in [0.25, 0.3) is 10.0 Å². The van der Waals surface area contributed by atoms with Crippen LogP contribution in [0.25, 0.3) is 0 Å². The molecular formula is C17H16ClN3O2S2. The van der Waals surface area contributed by atoms with Crippen LogP contribution in [-0.4, -0.2) is 13.4 Å². The van der Waals surface area contributed by atoms with Crippen molar-refractivity contribution in [2.45, 2.75) is 18.1 Å². The summed E-state index contributed by atoms with van der Waals surface area (Å²) in [6.45, 7) is 4.11. The lowest BCUT2D eigenvalue weighted by molar-refractivity contribution is 0.603. The molecule has 3 rings (SSSR count). The van der Waals surface area contributed by atoms with Crippen LogP contribution in [0.2, 0.25) is 4.34 Å². The van der Waals surface area contributed by atoms with E-state index in [4.69, 9.17) is 11.6 Å². The largest absolute Gasteiger partial charge is 0.354 e. The molecule has 1 aromatic carbocycles. The number of pyridine rings is 1. The van der Waals surface area contributed by atoms with Crippen LogP contribution >= 0.6 is 22.9 Å². The molecule has 0 spiro atoms. The average molecular weight is 394 g/mol. The molecule has 0 unspecified atom stereocenters. The molecule has 0 aliphatic carbocycles. The maximum Gasteiger partial charge on any atom is 0.272 e. The fraction of sp³-hybridized carbons (Fsp3) is 0.118. The van der Waals surface area contributed by atoms with Gasteiger partial charge in [0.15, 0.2) is 0 Å². The van der Waals surface area contributed by atoms with Gasteiger partial charge in [-0.15, -0.1) is 11.3 Å². The number of anilines is 3. The van der Waals surface area contributed by atoms with Crippen LogP contribution in [-0.2, 0) is 10.0 Å². The summed E-state index contributed by atoms with van der Waals surface area (Å²) in [6, 6.07) is 12.5. The van der Waals surface area contributed by atoms with Crippen molar-refractivity contribution in [1.29, 1.82) is 0 Å². The smallest absolute Gasteiger partial charge is 0.272 e. The van der Waals surface area contributed by atoms with E-state index >= 15 is 0 Å². The molecule has 8 heteroatoms. The molecule has 0 aliphatic rings. The number of hydrogen-bond acceptors (Lipinski definition) is 5. The molecule has 0 bridgehead atoms. The summed E-state index contributed by atoms with van der Waals surface area (Å²) in [5.41, 5.74) is 4.14. The molecule has 130 valence electrons. The summed E-state index contributed by atoms with van der Waals surface area (Å²) in [5, 5.41) is 3.24. The molecule has 2 aromatic heterocycles. The van der Waals surface area contributed by atoms with Crippen molar-refractivity contribution in [3.63, 3.8) is 0 Å². The summed E-state index contributed by atoms with van der Waals surface area (Å²) < 4.78 is 27.5. The van der Waals surface area contributed by atoms with Gasteiger partial charge in [0.05, 0.1) is 16.2 Å². The lowest BCUT2D eigenvalue weighted by atomic mass is 10.1. The minimum absolute atomic E-state index is 0.150. The molecule has 0 amide bonds. The summed E-state index contributed by atoms with van der Waals surface area (Å²) in [5.74, 6) is 0.246. The van der Waals surface area contributed by atoms with Gasteiger partial charge in [-0.1, -0.05) is 17.7 Å². The van der Waals surface area contributed by atoms with Crippen molar-refractivity contribution in [3.8, 4) is 0 Å². The van der Waals surface area contributed by atoms with Crippen LogP contribution in [0.5, 0.6) is 0 Å². The third-order valence-corrected chi connectivity index (χ3v) is 6.69. The van der Waals surface area contributed by atoms with Gasteiger partial charge in [-0.2, -0.15) is 0 Å². The Morgan fingerprint density at radius 2 is 1.76 bits per heavy atom. The molecule has 0 fully saturated rings. The van der Waals surface area contributed by atoms with E-state index in [1.807, 2.05) is 25.1 Å². The van der Waals surface area contributed by atoms with Crippen LogP contribution in [0, 0.1) is 13.8 Å². The predicted molar refractivity (Wildman–Crippen MR) is 104 cm³/mol. The Balaban J connectivity index is 1.72. The quantitative estimate of drug-likeness (QED) is 0.642. The Labute approximate surface area is 155 Å². The van der Waals surface area contributed by atoms with Crippen molar-refractivity contribution in [1.82, 2.24) is 4.98 Å². The average Bonchev–Trinajstić information content (AvgIpc) is 3.00. The third-order valence-electron chi connectivity index (χ3n) is 3.61. The Kier molecular flexibility index (Phi) is 4.99. The highest BCUT2D eigenvalue weighted by atomic mass is 35.5. The van der Waals surface area contributed by atoms with E-state index in [0.29, 0.717) is 4.34 Å². The van der Waals surface area contributed by atoms with E-state index in [1.165, 1.54) is 17.2 Å². The van der Waals surface area contributed by atoms with E-state index < -0.39 is 10.0 Å². The first-order valence-corrected chi connectivity index (χ1v) is 10.1.